The van der Waals surface area contributed by atoms with Crippen LogP contribution in [0.15, 0.2) is 60.0 Å². The molecular weight excluding hydrogens is 396 g/mol. The van der Waals surface area contributed by atoms with Gasteiger partial charge in [-0.2, -0.15) is 0 Å². The van der Waals surface area contributed by atoms with Crippen molar-refractivity contribution >= 4 is 29.3 Å². The molecule has 0 fully saturated rings. The largest absolute Gasteiger partial charge is 0.346 e. The Morgan fingerprint density at radius 2 is 2.00 bits per heavy atom. The van der Waals surface area contributed by atoms with Crippen LogP contribution in [0.2, 0.25) is 0 Å². The van der Waals surface area contributed by atoms with Gasteiger partial charge in [-0.15, -0.1) is 6.42 Å². The van der Waals surface area contributed by atoms with Crippen LogP contribution in [0.3, 0.4) is 0 Å². The molecule has 1 aromatic heterocycles. The molecule has 3 aromatic rings. The molecule has 0 aliphatic rings. The summed E-state index contributed by atoms with van der Waals surface area (Å²) in [6.07, 6.45) is 8.94. The van der Waals surface area contributed by atoms with Crippen LogP contribution in [0.5, 0.6) is 0 Å². The Kier molecular flexibility index (Phi) is 6.94. The van der Waals surface area contributed by atoms with Crippen LogP contribution in [-0.2, 0) is 9.59 Å². The number of nitrogens with one attached hydrogen (secondary N) is 2. The van der Waals surface area contributed by atoms with Gasteiger partial charge >= 0.3 is 0 Å². The van der Waals surface area contributed by atoms with E-state index in [1.54, 1.807) is 30.5 Å². The van der Waals surface area contributed by atoms with Crippen molar-refractivity contribution in [1.29, 1.82) is 0 Å². The summed E-state index contributed by atoms with van der Waals surface area (Å²) < 4.78 is 1.96. The zero-order valence-electron chi connectivity index (χ0n) is 16.8. The predicted molar refractivity (Wildman–Crippen MR) is 120 cm³/mol. The number of terminal acetylenes is 1. The van der Waals surface area contributed by atoms with Gasteiger partial charge in [-0.1, -0.05) is 35.9 Å². The number of benzene rings is 2. The van der Waals surface area contributed by atoms with Crippen LogP contribution in [-0.4, -0.2) is 33.7 Å². The maximum Gasteiger partial charge on any atom is 0.243 e. The van der Waals surface area contributed by atoms with E-state index < -0.39 is 0 Å². The van der Waals surface area contributed by atoms with Crippen LogP contribution in [0.25, 0.3) is 5.69 Å². The number of carbonyl (C=O) groups excluding carboxylic acids is 2. The fourth-order valence-electron chi connectivity index (χ4n) is 2.81. The first kappa shape index (κ1) is 21.2. The molecule has 30 heavy (non-hydrogen) atoms. The van der Waals surface area contributed by atoms with Gasteiger partial charge in [-0.05, 0) is 49.2 Å². The van der Waals surface area contributed by atoms with Crippen molar-refractivity contribution in [2.75, 3.05) is 17.6 Å². The summed E-state index contributed by atoms with van der Waals surface area (Å²) in [4.78, 5) is 28.6. The maximum atomic E-state index is 12.2. The van der Waals surface area contributed by atoms with Crippen molar-refractivity contribution in [2.45, 2.75) is 19.0 Å². The third-order valence-corrected chi connectivity index (χ3v) is 5.29. The molecule has 3 rings (SSSR count). The lowest BCUT2D eigenvalue weighted by atomic mass is 10.1. The monoisotopic (exact) mass is 418 g/mol. The zero-order valence-corrected chi connectivity index (χ0v) is 17.6. The van der Waals surface area contributed by atoms with E-state index in [-0.39, 0.29) is 24.1 Å². The second-order valence-electron chi connectivity index (χ2n) is 6.71. The first-order valence-electron chi connectivity index (χ1n) is 9.33. The van der Waals surface area contributed by atoms with Gasteiger partial charge in [0.15, 0.2) is 5.16 Å². The topological polar surface area (TPSA) is 76.0 Å². The van der Waals surface area contributed by atoms with Gasteiger partial charge in [0, 0.05) is 23.6 Å². The van der Waals surface area contributed by atoms with E-state index in [2.05, 4.69) is 39.7 Å². The van der Waals surface area contributed by atoms with Crippen LogP contribution < -0.4 is 10.6 Å². The number of imidazole rings is 1. The van der Waals surface area contributed by atoms with Crippen molar-refractivity contribution in [3.05, 3.63) is 71.5 Å². The van der Waals surface area contributed by atoms with Crippen LogP contribution in [0.1, 0.15) is 16.7 Å². The SMILES string of the molecule is C#Cc1cccc(NC(=O)CNC(=O)CSc2nccn2-c2cc(C)ccc2C)c1. The molecule has 0 atom stereocenters. The molecule has 2 N–H and O–H groups in total. The Hall–Kier alpha value is -3.50. The van der Waals surface area contributed by atoms with Crippen LogP contribution in [0.4, 0.5) is 5.69 Å². The number of hydrogen-bond acceptors (Lipinski definition) is 4. The number of rotatable bonds is 7. The number of carbonyl (C=O) groups is 2. The Labute approximate surface area is 180 Å². The molecular formula is C23H22N4O2S. The van der Waals surface area contributed by atoms with Crippen LogP contribution in [0, 0.1) is 26.2 Å². The molecule has 6 nitrogen and oxygen atoms in total. The molecule has 0 saturated carbocycles. The number of amides is 2. The van der Waals surface area contributed by atoms with E-state index in [1.807, 2.05) is 24.6 Å². The number of anilines is 1. The maximum absolute atomic E-state index is 12.2. The highest BCUT2D eigenvalue weighted by Crippen LogP contribution is 2.23. The molecule has 1 heterocycles. The molecule has 0 radical (unpaired) electrons. The minimum atomic E-state index is -0.320. The van der Waals surface area contributed by atoms with Crippen molar-refractivity contribution in [1.82, 2.24) is 14.9 Å². The third kappa shape index (κ3) is 5.52. The van der Waals surface area contributed by atoms with Gasteiger partial charge in [0.1, 0.15) is 0 Å². The molecule has 152 valence electrons. The van der Waals surface area contributed by atoms with Gasteiger partial charge in [-0.25, -0.2) is 4.98 Å². The minimum absolute atomic E-state index is 0.120. The lowest BCUT2D eigenvalue weighted by molar-refractivity contribution is -0.122. The molecule has 0 bridgehead atoms. The fraction of sp³-hybridized carbons (Fsp3) is 0.174. The van der Waals surface area contributed by atoms with Crippen LogP contribution >= 0.6 is 11.8 Å². The average Bonchev–Trinajstić information content (AvgIpc) is 3.21. The van der Waals surface area contributed by atoms with E-state index in [1.165, 1.54) is 11.8 Å². The molecule has 0 unspecified atom stereocenters. The summed E-state index contributed by atoms with van der Waals surface area (Å²) in [7, 11) is 0. The number of nitrogens with zero attached hydrogens (tertiary/aromatic N) is 2. The Morgan fingerprint density at radius 1 is 1.17 bits per heavy atom. The summed E-state index contributed by atoms with van der Waals surface area (Å²) in [5, 5.41) is 6.05. The zero-order chi connectivity index (χ0) is 21.5. The summed E-state index contributed by atoms with van der Waals surface area (Å²) >= 11 is 1.32. The number of aryl methyl sites for hydroxylation is 2. The summed E-state index contributed by atoms with van der Waals surface area (Å²) in [5.41, 5.74) is 4.57. The van der Waals surface area contributed by atoms with Crippen molar-refractivity contribution in [3.63, 3.8) is 0 Å². The highest BCUT2D eigenvalue weighted by molar-refractivity contribution is 7.99. The molecule has 0 aliphatic carbocycles. The van der Waals surface area contributed by atoms with Crippen molar-refractivity contribution in [2.24, 2.45) is 0 Å². The van der Waals surface area contributed by atoms with E-state index >= 15 is 0 Å². The first-order chi connectivity index (χ1) is 14.5. The molecule has 0 spiro atoms. The Bertz CT molecular complexity index is 1110. The summed E-state index contributed by atoms with van der Waals surface area (Å²) in [5.74, 6) is 2.10. The predicted octanol–water partition coefficient (Wildman–Crippen LogP) is 3.32. The molecule has 2 amide bonds. The second kappa shape index (κ2) is 9.81. The number of thioether (sulfide) groups is 1. The Morgan fingerprint density at radius 3 is 2.80 bits per heavy atom. The smallest absolute Gasteiger partial charge is 0.243 e. The van der Waals surface area contributed by atoms with Crippen molar-refractivity contribution in [3.8, 4) is 18.0 Å². The average molecular weight is 419 g/mol. The van der Waals surface area contributed by atoms with Gasteiger partial charge < -0.3 is 10.6 Å². The number of aromatic nitrogens is 2. The van der Waals surface area contributed by atoms with Gasteiger partial charge in [0.05, 0.1) is 18.0 Å². The molecule has 7 heteroatoms. The van der Waals surface area contributed by atoms with E-state index in [4.69, 9.17) is 6.42 Å². The highest BCUT2D eigenvalue weighted by atomic mass is 32.2. The van der Waals surface area contributed by atoms with Gasteiger partial charge in [-0.3, -0.25) is 14.2 Å². The normalized spacial score (nSPS) is 10.3. The first-order valence-corrected chi connectivity index (χ1v) is 10.3. The quantitative estimate of drug-likeness (QED) is 0.456. The lowest BCUT2D eigenvalue weighted by Gasteiger charge is -2.11. The van der Waals surface area contributed by atoms with Gasteiger partial charge in [0.2, 0.25) is 11.8 Å². The van der Waals surface area contributed by atoms with E-state index in [0.29, 0.717) is 11.3 Å². The Balaban J connectivity index is 1.52. The minimum Gasteiger partial charge on any atom is -0.346 e. The van der Waals surface area contributed by atoms with E-state index in [9.17, 15) is 9.59 Å². The molecule has 0 aliphatic heterocycles. The molecule has 2 aromatic carbocycles. The van der Waals surface area contributed by atoms with Gasteiger partial charge in [0.25, 0.3) is 0 Å². The second-order valence-corrected chi connectivity index (χ2v) is 7.65. The number of hydrogen-bond donors (Lipinski definition) is 2. The molecule has 0 saturated heterocycles. The summed E-state index contributed by atoms with van der Waals surface area (Å²) in [6, 6.07) is 13.2. The fourth-order valence-corrected chi connectivity index (χ4v) is 3.61. The summed E-state index contributed by atoms with van der Waals surface area (Å²) in [6.45, 7) is 3.95. The standard InChI is InChI=1S/C23H22N4O2S/c1-4-18-6-5-7-19(13-18)26-21(28)14-25-22(29)15-30-23-24-10-11-27(23)20-12-16(2)8-9-17(20)3/h1,5-13H,14-15H2,2-3H3,(H,25,29)(H,26,28). The van der Waals surface area contributed by atoms with E-state index in [0.717, 1.165) is 22.0 Å². The highest BCUT2D eigenvalue weighted by Gasteiger charge is 2.12. The van der Waals surface area contributed by atoms with Crippen molar-refractivity contribution < 1.29 is 9.59 Å². The lowest BCUT2D eigenvalue weighted by Crippen LogP contribution is -2.33. The third-order valence-electron chi connectivity index (χ3n) is 4.32.